The first-order valence-corrected chi connectivity index (χ1v) is 11.9. The average molecular weight is 416 g/mol. The van der Waals surface area contributed by atoms with Crippen LogP contribution in [-0.2, 0) is 14.6 Å². The normalized spacial score (nSPS) is 18.4. The quantitative estimate of drug-likeness (QED) is 0.648. The third-order valence-electron chi connectivity index (χ3n) is 4.75. The summed E-state index contributed by atoms with van der Waals surface area (Å²) in [7, 11) is -3.01. The van der Waals surface area contributed by atoms with E-state index in [-0.39, 0.29) is 29.2 Å². The molecule has 1 atom stereocenters. The number of amides is 1. The van der Waals surface area contributed by atoms with Crippen LogP contribution in [0.2, 0.25) is 0 Å². The molecule has 2 heterocycles. The fourth-order valence-corrected chi connectivity index (χ4v) is 5.86. The number of imidazole rings is 1. The summed E-state index contributed by atoms with van der Waals surface area (Å²) in [4.78, 5) is 17.0. The van der Waals surface area contributed by atoms with Gasteiger partial charge in [-0.2, -0.15) is 0 Å². The Bertz CT molecular complexity index is 1120. The van der Waals surface area contributed by atoms with Crippen molar-refractivity contribution in [1.29, 1.82) is 0 Å². The second kappa shape index (κ2) is 7.60. The Balaban J connectivity index is 1.54. The zero-order valence-electron chi connectivity index (χ0n) is 15.5. The van der Waals surface area contributed by atoms with Crippen LogP contribution in [0, 0.1) is 6.92 Å². The molecule has 0 saturated carbocycles. The molecular formula is C20H21N3O3S2. The number of benzene rings is 2. The molecule has 28 heavy (non-hydrogen) atoms. The highest BCUT2D eigenvalue weighted by Gasteiger charge is 2.29. The molecule has 0 unspecified atom stereocenters. The second-order valence-corrected chi connectivity index (χ2v) is 10.2. The van der Waals surface area contributed by atoms with E-state index in [0.29, 0.717) is 6.42 Å². The molecule has 0 radical (unpaired) electrons. The first-order valence-electron chi connectivity index (χ1n) is 9.08. The Morgan fingerprint density at radius 3 is 2.68 bits per heavy atom. The van der Waals surface area contributed by atoms with Gasteiger partial charge in [0.25, 0.3) is 0 Å². The Hall–Kier alpha value is -2.32. The van der Waals surface area contributed by atoms with Crippen molar-refractivity contribution in [3.63, 3.8) is 0 Å². The largest absolute Gasteiger partial charge is 0.352 e. The standard InChI is InChI=1S/C20H21N3O3S2/c1-14-6-8-16(9-7-14)23-18-5-3-2-4-17(18)22-20(23)27-12-19(24)21-15-10-11-28(25,26)13-15/h2-9,15H,10-13H2,1H3,(H,21,24)/t15-/m1/s1. The highest BCUT2D eigenvalue weighted by Crippen LogP contribution is 2.28. The van der Waals surface area contributed by atoms with Crippen molar-refractivity contribution in [3.05, 3.63) is 54.1 Å². The molecular weight excluding hydrogens is 394 g/mol. The van der Waals surface area contributed by atoms with E-state index < -0.39 is 9.84 Å². The van der Waals surface area contributed by atoms with Crippen molar-refractivity contribution >= 4 is 38.5 Å². The zero-order chi connectivity index (χ0) is 19.7. The molecule has 0 spiro atoms. The van der Waals surface area contributed by atoms with Crippen molar-refractivity contribution in [2.45, 2.75) is 24.5 Å². The van der Waals surface area contributed by atoms with Gasteiger partial charge in [-0.25, -0.2) is 13.4 Å². The minimum absolute atomic E-state index is 0.0330. The van der Waals surface area contributed by atoms with Crippen molar-refractivity contribution in [3.8, 4) is 5.69 Å². The van der Waals surface area contributed by atoms with Gasteiger partial charge in [0.15, 0.2) is 15.0 Å². The summed E-state index contributed by atoms with van der Waals surface area (Å²) in [5.41, 5.74) is 4.02. The summed E-state index contributed by atoms with van der Waals surface area (Å²) in [5.74, 6) is 0.195. The van der Waals surface area contributed by atoms with E-state index in [1.807, 2.05) is 60.0 Å². The van der Waals surface area contributed by atoms with Crippen LogP contribution in [0.4, 0.5) is 0 Å². The molecule has 1 fully saturated rings. The Morgan fingerprint density at radius 1 is 1.21 bits per heavy atom. The maximum absolute atomic E-state index is 12.3. The highest BCUT2D eigenvalue weighted by molar-refractivity contribution is 7.99. The maximum atomic E-state index is 12.3. The summed E-state index contributed by atoms with van der Waals surface area (Å²) >= 11 is 1.35. The Kier molecular flexibility index (Phi) is 5.16. The minimum Gasteiger partial charge on any atom is -0.352 e. The van der Waals surface area contributed by atoms with Crippen molar-refractivity contribution in [2.75, 3.05) is 17.3 Å². The predicted octanol–water partition coefficient (Wildman–Crippen LogP) is 2.73. The number of hydrogen-bond donors (Lipinski definition) is 1. The van der Waals surface area contributed by atoms with Gasteiger partial charge in [-0.15, -0.1) is 0 Å². The van der Waals surface area contributed by atoms with Crippen LogP contribution in [-0.4, -0.2) is 47.2 Å². The van der Waals surface area contributed by atoms with Gasteiger partial charge in [0.2, 0.25) is 5.91 Å². The van der Waals surface area contributed by atoms with Gasteiger partial charge in [0.1, 0.15) is 0 Å². The molecule has 1 saturated heterocycles. The second-order valence-electron chi connectivity index (χ2n) is 7.01. The van der Waals surface area contributed by atoms with Crippen molar-refractivity contribution < 1.29 is 13.2 Å². The number of nitrogens with one attached hydrogen (secondary N) is 1. The van der Waals surface area contributed by atoms with E-state index in [9.17, 15) is 13.2 Å². The molecule has 0 aliphatic carbocycles. The van der Waals surface area contributed by atoms with Gasteiger partial charge in [-0.05, 0) is 37.6 Å². The molecule has 1 aliphatic heterocycles. The maximum Gasteiger partial charge on any atom is 0.230 e. The van der Waals surface area contributed by atoms with Crippen LogP contribution < -0.4 is 5.32 Å². The number of nitrogens with zero attached hydrogens (tertiary/aromatic N) is 2. The van der Waals surface area contributed by atoms with Gasteiger partial charge in [0.05, 0.1) is 28.3 Å². The fraction of sp³-hybridized carbons (Fsp3) is 0.300. The molecule has 1 aliphatic rings. The summed E-state index contributed by atoms with van der Waals surface area (Å²) in [6, 6.07) is 15.8. The van der Waals surface area contributed by atoms with E-state index in [4.69, 9.17) is 0 Å². The molecule has 8 heteroatoms. The number of aromatic nitrogens is 2. The topological polar surface area (TPSA) is 81.1 Å². The first-order chi connectivity index (χ1) is 13.4. The molecule has 3 aromatic rings. The van der Waals surface area contributed by atoms with Gasteiger partial charge >= 0.3 is 0 Å². The first kappa shape index (κ1) is 19.0. The van der Waals surface area contributed by atoms with Gasteiger partial charge < -0.3 is 5.32 Å². The Labute approximate surface area is 168 Å². The molecule has 6 nitrogen and oxygen atoms in total. The molecule has 1 N–H and O–H groups in total. The van der Waals surface area contributed by atoms with E-state index in [0.717, 1.165) is 21.9 Å². The van der Waals surface area contributed by atoms with E-state index in [1.54, 1.807) is 0 Å². The fourth-order valence-electron chi connectivity index (χ4n) is 3.35. The third kappa shape index (κ3) is 4.07. The monoisotopic (exact) mass is 415 g/mol. The van der Waals surface area contributed by atoms with Crippen LogP contribution in [0.5, 0.6) is 0 Å². The number of aryl methyl sites for hydroxylation is 1. The summed E-state index contributed by atoms with van der Waals surface area (Å²) in [6.07, 6.45) is 0.487. The lowest BCUT2D eigenvalue weighted by Crippen LogP contribution is -2.36. The van der Waals surface area contributed by atoms with Gasteiger partial charge in [-0.3, -0.25) is 9.36 Å². The van der Waals surface area contributed by atoms with E-state index in [2.05, 4.69) is 10.3 Å². The SMILES string of the molecule is Cc1ccc(-n2c(SCC(=O)N[C@@H]3CCS(=O)(=O)C3)nc3ccccc32)cc1. The average Bonchev–Trinajstić information content (AvgIpc) is 3.20. The number of hydrogen-bond acceptors (Lipinski definition) is 5. The number of para-hydroxylation sites is 2. The number of fused-ring (bicyclic) bond motifs is 1. The molecule has 1 aromatic heterocycles. The number of carbonyl (C=O) groups is 1. The summed E-state index contributed by atoms with van der Waals surface area (Å²) in [5, 5.41) is 3.56. The lowest BCUT2D eigenvalue weighted by molar-refractivity contribution is -0.119. The van der Waals surface area contributed by atoms with Crippen LogP contribution in [0.3, 0.4) is 0 Å². The summed E-state index contributed by atoms with van der Waals surface area (Å²) < 4.78 is 25.2. The predicted molar refractivity (Wildman–Crippen MR) is 112 cm³/mol. The van der Waals surface area contributed by atoms with Crippen LogP contribution in [0.15, 0.2) is 53.7 Å². The molecule has 0 bridgehead atoms. The van der Waals surface area contributed by atoms with Gasteiger partial charge in [0, 0.05) is 11.7 Å². The molecule has 4 rings (SSSR count). The highest BCUT2D eigenvalue weighted by atomic mass is 32.2. The van der Waals surface area contributed by atoms with Crippen LogP contribution in [0.1, 0.15) is 12.0 Å². The lowest BCUT2D eigenvalue weighted by atomic mass is 10.2. The lowest BCUT2D eigenvalue weighted by Gasteiger charge is -2.12. The molecule has 2 aromatic carbocycles. The zero-order valence-corrected chi connectivity index (χ0v) is 17.1. The Morgan fingerprint density at radius 2 is 1.96 bits per heavy atom. The molecule has 1 amide bonds. The number of rotatable bonds is 5. The van der Waals surface area contributed by atoms with E-state index in [1.165, 1.54) is 17.3 Å². The van der Waals surface area contributed by atoms with Crippen LogP contribution in [0.25, 0.3) is 16.7 Å². The number of carbonyl (C=O) groups excluding carboxylic acids is 1. The van der Waals surface area contributed by atoms with Crippen LogP contribution >= 0.6 is 11.8 Å². The van der Waals surface area contributed by atoms with E-state index >= 15 is 0 Å². The minimum atomic E-state index is -3.01. The van der Waals surface area contributed by atoms with Gasteiger partial charge in [-0.1, -0.05) is 41.6 Å². The van der Waals surface area contributed by atoms with Crippen molar-refractivity contribution in [2.24, 2.45) is 0 Å². The summed E-state index contributed by atoms with van der Waals surface area (Å²) in [6.45, 7) is 2.04. The van der Waals surface area contributed by atoms with Crippen molar-refractivity contribution in [1.82, 2.24) is 14.9 Å². The number of thioether (sulfide) groups is 1. The number of sulfone groups is 1. The third-order valence-corrected chi connectivity index (χ3v) is 7.46. The molecule has 146 valence electrons. The smallest absolute Gasteiger partial charge is 0.230 e.